The fourth-order valence-corrected chi connectivity index (χ4v) is 3.01. The molecule has 0 spiro atoms. The van der Waals surface area contributed by atoms with Crippen molar-refractivity contribution in [1.29, 1.82) is 0 Å². The van der Waals surface area contributed by atoms with Crippen LogP contribution >= 0.6 is 0 Å². The van der Waals surface area contributed by atoms with E-state index in [2.05, 4.69) is 0 Å². The van der Waals surface area contributed by atoms with Gasteiger partial charge in [0.1, 0.15) is 0 Å². The van der Waals surface area contributed by atoms with Crippen LogP contribution in [-0.4, -0.2) is 43.3 Å². The maximum absolute atomic E-state index is 11.8. The molecule has 0 saturated heterocycles. The minimum Gasteiger partial charge on any atom is -0.391 e. The zero-order valence-corrected chi connectivity index (χ0v) is 11.2. The Hall–Kier alpha value is -0.130. The minimum absolute atomic E-state index is 0.179. The number of nitrogens with zero attached hydrogens (tertiary/aromatic N) is 1. The standard InChI is InChI=1S/C11H23NO3S/c1-9(2)6-7-16(14,15)12(3)8-11(13)10-4-5-10/h9-11,13H,4-8H2,1-3H3. The van der Waals surface area contributed by atoms with E-state index in [9.17, 15) is 13.5 Å². The van der Waals surface area contributed by atoms with Gasteiger partial charge in [0.05, 0.1) is 11.9 Å². The second-order valence-electron chi connectivity index (χ2n) is 5.18. The number of aliphatic hydroxyl groups is 1. The highest BCUT2D eigenvalue weighted by Gasteiger charge is 2.32. The summed E-state index contributed by atoms with van der Waals surface area (Å²) in [5.41, 5.74) is 0. The van der Waals surface area contributed by atoms with Gasteiger partial charge in [-0.25, -0.2) is 12.7 Å². The predicted octanol–water partition coefficient (Wildman–Crippen LogP) is 1.06. The number of sulfonamides is 1. The van der Waals surface area contributed by atoms with Crippen molar-refractivity contribution in [2.75, 3.05) is 19.3 Å². The summed E-state index contributed by atoms with van der Waals surface area (Å²) in [5.74, 6) is 0.887. The number of hydrogen-bond donors (Lipinski definition) is 1. The summed E-state index contributed by atoms with van der Waals surface area (Å²) in [5, 5.41) is 9.69. The molecule has 0 aromatic rings. The molecule has 96 valence electrons. The van der Waals surface area contributed by atoms with Crippen molar-refractivity contribution in [3.05, 3.63) is 0 Å². The summed E-state index contributed by atoms with van der Waals surface area (Å²) in [6.07, 6.45) is 2.24. The Morgan fingerprint density at radius 2 is 1.94 bits per heavy atom. The first-order valence-corrected chi connectivity index (χ1v) is 7.56. The molecule has 1 N–H and O–H groups in total. The molecule has 0 heterocycles. The van der Waals surface area contributed by atoms with Gasteiger partial charge in [-0.05, 0) is 31.1 Å². The van der Waals surface area contributed by atoms with E-state index in [0.29, 0.717) is 18.3 Å². The Morgan fingerprint density at radius 1 is 1.38 bits per heavy atom. The van der Waals surface area contributed by atoms with Crippen LogP contribution in [0.2, 0.25) is 0 Å². The molecule has 0 bridgehead atoms. The van der Waals surface area contributed by atoms with Gasteiger partial charge in [-0.1, -0.05) is 13.8 Å². The van der Waals surface area contributed by atoms with Crippen molar-refractivity contribution in [1.82, 2.24) is 4.31 Å². The first-order valence-electron chi connectivity index (χ1n) is 5.95. The van der Waals surface area contributed by atoms with Crippen LogP contribution in [0, 0.1) is 11.8 Å². The number of likely N-dealkylation sites (N-methyl/N-ethyl adjacent to an activating group) is 1. The molecular formula is C11H23NO3S. The summed E-state index contributed by atoms with van der Waals surface area (Å²) in [7, 11) is -1.63. The van der Waals surface area contributed by atoms with E-state index in [1.165, 1.54) is 4.31 Å². The van der Waals surface area contributed by atoms with Gasteiger partial charge in [0.25, 0.3) is 0 Å². The van der Waals surface area contributed by atoms with Gasteiger partial charge in [0.2, 0.25) is 10.0 Å². The van der Waals surface area contributed by atoms with E-state index in [0.717, 1.165) is 12.8 Å². The Kier molecular flexibility index (Phi) is 4.76. The second-order valence-corrected chi connectivity index (χ2v) is 7.38. The van der Waals surface area contributed by atoms with Crippen LogP contribution in [0.4, 0.5) is 0 Å². The van der Waals surface area contributed by atoms with E-state index in [4.69, 9.17) is 0 Å². The van der Waals surface area contributed by atoms with Crippen LogP contribution in [0.25, 0.3) is 0 Å². The highest BCUT2D eigenvalue weighted by Crippen LogP contribution is 2.32. The fourth-order valence-electron chi connectivity index (χ4n) is 1.55. The van der Waals surface area contributed by atoms with Crippen LogP contribution in [0.3, 0.4) is 0 Å². The normalized spacial score (nSPS) is 19.4. The largest absolute Gasteiger partial charge is 0.391 e. The molecule has 16 heavy (non-hydrogen) atoms. The van der Waals surface area contributed by atoms with Crippen LogP contribution < -0.4 is 0 Å². The summed E-state index contributed by atoms with van der Waals surface area (Å²) in [4.78, 5) is 0. The molecule has 1 aliphatic carbocycles. The van der Waals surface area contributed by atoms with Gasteiger partial charge < -0.3 is 5.11 Å². The van der Waals surface area contributed by atoms with Crippen LogP contribution in [0.15, 0.2) is 0 Å². The third kappa shape index (κ3) is 4.39. The lowest BCUT2D eigenvalue weighted by Crippen LogP contribution is -2.36. The maximum Gasteiger partial charge on any atom is 0.213 e. The lowest BCUT2D eigenvalue weighted by Gasteiger charge is -2.20. The third-order valence-electron chi connectivity index (χ3n) is 3.04. The van der Waals surface area contributed by atoms with E-state index in [1.54, 1.807) is 7.05 Å². The summed E-state index contributed by atoms with van der Waals surface area (Å²) >= 11 is 0. The molecule has 1 fully saturated rings. The van der Waals surface area contributed by atoms with Crippen LogP contribution in [0.1, 0.15) is 33.1 Å². The average Bonchev–Trinajstić information content (AvgIpc) is 2.97. The molecule has 0 aromatic carbocycles. The lowest BCUT2D eigenvalue weighted by molar-refractivity contribution is 0.131. The van der Waals surface area contributed by atoms with Gasteiger partial charge >= 0.3 is 0 Å². The SMILES string of the molecule is CC(C)CCS(=O)(=O)N(C)CC(O)C1CC1. The Labute approximate surface area is 98.7 Å². The van der Waals surface area contributed by atoms with Crippen molar-refractivity contribution in [2.45, 2.75) is 39.2 Å². The molecule has 1 saturated carbocycles. The van der Waals surface area contributed by atoms with Gasteiger partial charge in [-0.3, -0.25) is 0 Å². The summed E-state index contributed by atoms with van der Waals surface area (Å²) in [6.45, 7) is 4.26. The van der Waals surface area contributed by atoms with E-state index in [1.807, 2.05) is 13.8 Å². The molecule has 1 unspecified atom stereocenters. The smallest absolute Gasteiger partial charge is 0.213 e. The highest BCUT2D eigenvalue weighted by atomic mass is 32.2. The zero-order valence-electron chi connectivity index (χ0n) is 10.4. The summed E-state index contributed by atoms with van der Waals surface area (Å²) < 4.78 is 25.0. The van der Waals surface area contributed by atoms with Crippen molar-refractivity contribution < 1.29 is 13.5 Å². The molecule has 0 aromatic heterocycles. The number of rotatable bonds is 7. The van der Waals surface area contributed by atoms with E-state index < -0.39 is 16.1 Å². The van der Waals surface area contributed by atoms with Crippen molar-refractivity contribution >= 4 is 10.0 Å². The molecule has 0 radical (unpaired) electrons. The van der Waals surface area contributed by atoms with E-state index >= 15 is 0 Å². The van der Waals surface area contributed by atoms with Crippen LogP contribution in [-0.2, 0) is 10.0 Å². The van der Waals surface area contributed by atoms with Crippen molar-refractivity contribution in [3.63, 3.8) is 0 Å². The minimum atomic E-state index is -3.18. The van der Waals surface area contributed by atoms with E-state index in [-0.39, 0.29) is 12.3 Å². The predicted molar refractivity (Wildman–Crippen MR) is 64.6 cm³/mol. The number of hydrogen-bond acceptors (Lipinski definition) is 3. The fraction of sp³-hybridized carbons (Fsp3) is 1.00. The van der Waals surface area contributed by atoms with Gasteiger partial charge in [0, 0.05) is 13.6 Å². The monoisotopic (exact) mass is 249 g/mol. The maximum atomic E-state index is 11.8. The molecule has 0 aliphatic heterocycles. The van der Waals surface area contributed by atoms with Crippen LogP contribution in [0.5, 0.6) is 0 Å². The molecule has 1 atom stereocenters. The third-order valence-corrected chi connectivity index (χ3v) is 4.89. The molecular weight excluding hydrogens is 226 g/mol. The van der Waals surface area contributed by atoms with Gasteiger partial charge in [-0.15, -0.1) is 0 Å². The molecule has 1 rings (SSSR count). The molecule has 0 amide bonds. The first kappa shape index (κ1) is 13.9. The average molecular weight is 249 g/mol. The molecule has 5 heteroatoms. The molecule has 4 nitrogen and oxygen atoms in total. The Balaban J connectivity index is 2.40. The van der Waals surface area contributed by atoms with Crippen molar-refractivity contribution in [2.24, 2.45) is 11.8 Å². The van der Waals surface area contributed by atoms with Gasteiger partial charge in [-0.2, -0.15) is 0 Å². The zero-order chi connectivity index (χ0) is 12.3. The van der Waals surface area contributed by atoms with Gasteiger partial charge in [0.15, 0.2) is 0 Å². The Morgan fingerprint density at radius 3 is 2.38 bits per heavy atom. The Bertz CT molecular complexity index is 309. The lowest BCUT2D eigenvalue weighted by atomic mass is 10.2. The quantitative estimate of drug-likeness (QED) is 0.734. The number of aliphatic hydroxyl groups excluding tert-OH is 1. The molecule has 1 aliphatic rings. The highest BCUT2D eigenvalue weighted by molar-refractivity contribution is 7.89. The summed E-state index contributed by atoms with van der Waals surface area (Å²) in [6, 6.07) is 0. The first-order chi connectivity index (χ1) is 7.33. The topological polar surface area (TPSA) is 57.6 Å². The van der Waals surface area contributed by atoms with Crippen molar-refractivity contribution in [3.8, 4) is 0 Å². The second kappa shape index (κ2) is 5.47.